The Morgan fingerprint density at radius 2 is 1.00 bits per heavy atom. The summed E-state index contributed by atoms with van der Waals surface area (Å²) in [4.78, 5) is 34.5. The predicted molar refractivity (Wildman–Crippen MR) is 207 cm³/mol. The molecule has 1 N–H and O–H groups in total. The highest BCUT2D eigenvalue weighted by Crippen LogP contribution is 2.43. The van der Waals surface area contributed by atoms with Crippen molar-refractivity contribution in [3.8, 4) is 0 Å². The molecule has 8 nitrogen and oxygen atoms in total. The molecule has 0 aromatic heterocycles. The van der Waals surface area contributed by atoms with Crippen molar-refractivity contribution >= 4 is 19.8 Å². The zero-order valence-electron chi connectivity index (χ0n) is 31.8. The van der Waals surface area contributed by atoms with Gasteiger partial charge in [-0.3, -0.25) is 18.6 Å². The van der Waals surface area contributed by atoms with Gasteiger partial charge in [0.1, 0.15) is 6.61 Å². The Labute approximate surface area is 305 Å². The predicted octanol–water partition coefficient (Wildman–Crippen LogP) is 12.0. The van der Waals surface area contributed by atoms with E-state index in [1.807, 2.05) is 12.2 Å². The van der Waals surface area contributed by atoms with E-state index in [0.717, 1.165) is 44.9 Å². The molecule has 0 radical (unpaired) electrons. The Balaban J connectivity index is 4.27. The normalized spacial score (nSPS) is 14.1. The first-order valence-corrected chi connectivity index (χ1v) is 21.1. The van der Waals surface area contributed by atoms with E-state index in [1.54, 1.807) is 13.0 Å². The number of hydrogen-bond acceptors (Lipinski definition) is 7. The van der Waals surface area contributed by atoms with E-state index in [0.29, 0.717) is 6.42 Å². The third-order valence-electron chi connectivity index (χ3n) is 7.87. The third-order valence-corrected chi connectivity index (χ3v) is 8.93. The highest BCUT2D eigenvalue weighted by atomic mass is 31.2. The van der Waals surface area contributed by atoms with Gasteiger partial charge in [-0.1, -0.05) is 164 Å². The first-order valence-electron chi connectivity index (χ1n) is 19.6. The van der Waals surface area contributed by atoms with E-state index < -0.39 is 32.5 Å². The molecule has 0 heterocycles. The van der Waals surface area contributed by atoms with Crippen LogP contribution in [0.15, 0.2) is 60.8 Å². The molecule has 0 spiro atoms. The molecule has 0 aliphatic carbocycles. The molecule has 2 unspecified atom stereocenters. The van der Waals surface area contributed by atoms with E-state index in [-0.39, 0.29) is 26.1 Å². The molecule has 288 valence electrons. The second-order valence-corrected chi connectivity index (χ2v) is 14.0. The number of ether oxygens (including phenoxy) is 2. The number of allylic oxidation sites excluding steroid dienone is 9. The van der Waals surface area contributed by atoms with E-state index in [9.17, 15) is 19.0 Å². The summed E-state index contributed by atoms with van der Waals surface area (Å²) >= 11 is 0. The van der Waals surface area contributed by atoms with E-state index in [2.05, 4.69) is 56.4 Å². The maximum Gasteiger partial charge on any atom is 0.472 e. The molecule has 9 heteroatoms. The minimum Gasteiger partial charge on any atom is -0.462 e. The molecular formula is C41H71O8P. The number of carbonyl (C=O) groups excluding carboxylic acids is 2. The van der Waals surface area contributed by atoms with Crippen LogP contribution in [0.1, 0.15) is 162 Å². The van der Waals surface area contributed by atoms with Gasteiger partial charge in [0.2, 0.25) is 0 Å². The molecule has 0 aliphatic heterocycles. The summed E-state index contributed by atoms with van der Waals surface area (Å²) < 4.78 is 32.4. The molecule has 0 saturated carbocycles. The summed E-state index contributed by atoms with van der Waals surface area (Å²) in [6, 6.07) is 0. The van der Waals surface area contributed by atoms with Crippen LogP contribution in [0, 0.1) is 0 Å². The van der Waals surface area contributed by atoms with Gasteiger partial charge in [0.25, 0.3) is 0 Å². The number of esters is 2. The lowest BCUT2D eigenvalue weighted by atomic mass is 10.0. The summed E-state index contributed by atoms with van der Waals surface area (Å²) in [6.45, 7) is 5.23. The molecule has 50 heavy (non-hydrogen) atoms. The lowest BCUT2D eigenvalue weighted by Crippen LogP contribution is -2.29. The van der Waals surface area contributed by atoms with Gasteiger partial charge in [-0.2, -0.15) is 0 Å². The number of carbonyl (C=O) groups is 2. The van der Waals surface area contributed by atoms with Crippen LogP contribution in [-0.4, -0.2) is 42.8 Å². The molecule has 0 saturated heterocycles. The van der Waals surface area contributed by atoms with Crippen LogP contribution in [0.2, 0.25) is 0 Å². The van der Waals surface area contributed by atoms with E-state index >= 15 is 0 Å². The van der Waals surface area contributed by atoms with Gasteiger partial charge >= 0.3 is 19.8 Å². The Morgan fingerprint density at radius 1 is 0.560 bits per heavy atom. The van der Waals surface area contributed by atoms with Gasteiger partial charge in [0.15, 0.2) is 6.10 Å². The minimum atomic E-state index is -4.30. The second kappa shape index (κ2) is 36.5. The van der Waals surface area contributed by atoms with Crippen LogP contribution >= 0.6 is 7.82 Å². The fourth-order valence-electron chi connectivity index (χ4n) is 5.06. The third kappa shape index (κ3) is 35.6. The first-order chi connectivity index (χ1) is 24.3. The highest BCUT2D eigenvalue weighted by molar-refractivity contribution is 7.47. The quantitative estimate of drug-likeness (QED) is 0.0298. The van der Waals surface area contributed by atoms with Crippen LogP contribution in [0.3, 0.4) is 0 Å². The number of phosphoric ester groups is 1. The van der Waals surface area contributed by atoms with Gasteiger partial charge < -0.3 is 14.4 Å². The van der Waals surface area contributed by atoms with Crippen molar-refractivity contribution in [1.29, 1.82) is 0 Å². The number of rotatable bonds is 35. The summed E-state index contributed by atoms with van der Waals surface area (Å²) in [7, 11) is -4.30. The van der Waals surface area contributed by atoms with Crippen molar-refractivity contribution in [3.63, 3.8) is 0 Å². The molecule has 0 aromatic rings. The van der Waals surface area contributed by atoms with Gasteiger partial charge in [-0.25, -0.2) is 4.57 Å². The lowest BCUT2D eigenvalue weighted by Gasteiger charge is -2.19. The van der Waals surface area contributed by atoms with Gasteiger partial charge in [0.05, 0.1) is 19.6 Å². The molecule has 0 aromatic carbocycles. The molecule has 0 rings (SSSR count). The summed E-state index contributed by atoms with van der Waals surface area (Å²) in [5.41, 5.74) is 0. The van der Waals surface area contributed by atoms with E-state index in [1.165, 1.54) is 77.0 Å². The average molecular weight is 723 g/mol. The van der Waals surface area contributed by atoms with Crippen LogP contribution in [0.5, 0.6) is 0 Å². The summed E-state index contributed by atoms with van der Waals surface area (Å²) in [5, 5.41) is 0. The van der Waals surface area contributed by atoms with Gasteiger partial charge in [-0.05, 0) is 45.4 Å². The molecule has 0 aliphatic rings. The van der Waals surface area contributed by atoms with Crippen LogP contribution in [0.25, 0.3) is 0 Å². The minimum absolute atomic E-state index is 0.0132. The Bertz CT molecular complexity index is 1000. The molecule has 2 atom stereocenters. The first kappa shape index (κ1) is 47.8. The largest absolute Gasteiger partial charge is 0.472 e. The van der Waals surface area contributed by atoms with Crippen molar-refractivity contribution < 1.29 is 37.6 Å². The monoisotopic (exact) mass is 722 g/mol. The van der Waals surface area contributed by atoms with Crippen LogP contribution in [0.4, 0.5) is 0 Å². The number of hydrogen-bond donors (Lipinski definition) is 1. The number of unbranched alkanes of at least 4 members (excludes halogenated alkanes) is 14. The fraction of sp³-hybridized carbons (Fsp3) is 0.707. The highest BCUT2D eigenvalue weighted by Gasteiger charge is 2.25. The molecular weight excluding hydrogens is 651 g/mol. The Kier molecular flexibility index (Phi) is 34.9. The zero-order chi connectivity index (χ0) is 36.8. The van der Waals surface area contributed by atoms with Gasteiger partial charge in [0, 0.05) is 6.42 Å². The molecule has 0 fully saturated rings. The topological polar surface area (TPSA) is 108 Å². The molecule has 0 amide bonds. The van der Waals surface area contributed by atoms with Crippen molar-refractivity contribution in [2.24, 2.45) is 0 Å². The summed E-state index contributed by atoms with van der Waals surface area (Å²) in [5.74, 6) is -0.946. The van der Waals surface area contributed by atoms with Crippen LogP contribution < -0.4 is 0 Å². The maximum absolute atomic E-state index is 12.4. The van der Waals surface area contributed by atoms with E-state index in [4.69, 9.17) is 18.5 Å². The number of phosphoric acid groups is 1. The molecule has 0 bridgehead atoms. The van der Waals surface area contributed by atoms with Crippen LogP contribution in [-0.2, 0) is 32.7 Å². The average Bonchev–Trinajstić information content (AvgIpc) is 3.09. The van der Waals surface area contributed by atoms with Crippen molar-refractivity contribution in [2.45, 2.75) is 168 Å². The Hall–Kier alpha value is -2.25. The standard InChI is InChI=1S/C41H71O8P/c1-4-7-9-11-13-15-17-19-21-23-25-27-29-31-33-35-40(42)46-37-39(38-48-50(44,45)47-6-3)49-41(43)36-34-32-30-28-26-24-22-20-18-16-14-12-10-8-5-2/h8,10,14,16,20,22,26,28,32,34,39H,4-7,9,11-13,15,17-19,21,23-25,27,29-31,33,35-38H2,1-3H3,(H,44,45)/b10-8-,16-14-,22-20-,28-26-,34-32-. The lowest BCUT2D eigenvalue weighted by molar-refractivity contribution is -0.160. The van der Waals surface area contributed by atoms with Crippen molar-refractivity contribution in [3.05, 3.63) is 60.8 Å². The van der Waals surface area contributed by atoms with Crippen molar-refractivity contribution in [2.75, 3.05) is 19.8 Å². The SMILES string of the molecule is CC/C=C\C/C=C\C/C=C\C/C=C\C/C=C\CC(=O)OC(COC(=O)CCCCCCCCCCCCCCCCC)COP(=O)(O)OCC. The maximum atomic E-state index is 12.4. The second-order valence-electron chi connectivity index (χ2n) is 12.6. The smallest absolute Gasteiger partial charge is 0.462 e. The fourth-order valence-corrected chi connectivity index (χ4v) is 5.81. The summed E-state index contributed by atoms with van der Waals surface area (Å²) in [6.07, 6.45) is 43.0. The zero-order valence-corrected chi connectivity index (χ0v) is 32.7. The van der Waals surface area contributed by atoms with Crippen molar-refractivity contribution in [1.82, 2.24) is 0 Å². The van der Waals surface area contributed by atoms with Gasteiger partial charge in [-0.15, -0.1) is 0 Å². The Morgan fingerprint density at radius 3 is 1.46 bits per heavy atom.